The molecule has 0 amide bonds. The van der Waals surface area contributed by atoms with Crippen LogP contribution in [0, 0.1) is 30.6 Å². The summed E-state index contributed by atoms with van der Waals surface area (Å²) in [6.07, 6.45) is 11.2. The minimum Gasteiger partial charge on any atom is -0.383 e. The maximum absolute atomic E-state index is 12.6. The van der Waals surface area contributed by atoms with Crippen molar-refractivity contribution in [3.8, 4) is 11.8 Å². The van der Waals surface area contributed by atoms with Crippen LogP contribution in [0.2, 0.25) is 5.02 Å². The first-order valence-electron chi connectivity index (χ1n) is 13.2. The molecule has 2 aliphatic rings. The van der Waals surface area contributed by atoms with Gasteiger partial charge in [-0.3, -0.25) is 4.79 Å². The Kier molecular flexibility index (Phi) is 7.64. The smallest absolute Gasteiger partial charge is 0.164 e. The van der Waals surface area contributed by atoms with Crippen LogP contribution in [0.25, 0.3) is 11.0 Å². The SMILES string of the molecule is Cc1cc(C(=O)CCCC2=CC(C#Cc3nn([C@@H]4CCN(C)C4)c4ncnc(N)c34)C(C)C=C2)ccc1Cl. The van der Waals surface area contributed by atoms with Crippen molar-refractivity contribution in [3.63, 3.8) is 0 Å². The van der Waals surface area contributed by atoms with Crippen molar-refractivity contribution >= 4 is 34.2 Å². The molecule has 2 N–H and O–H groups in total. The first kappa shape index (κ1) is 26.1. The number of fused-ring (bicyclic) bond motifs is 1. The zero-order chi connectivity index (χ0) is 26.8. The van der Waals surface area contributed by atoms with E-state index in [4.69, 9.17) is 22.4 Å². The van der Waals surface area contributed by atoms with Gasteiger partial charge in [0.1, 0.15) is 17.8 Å². The Labute approximate surface area is 228 Å². The molecule has 38 heavy (non-hydrogen) atoms. The van der Waals surface area contributed by atoms with Crippen molar-refractivity contribution in [1.82, 2.24) is 24.6 Å². The van der Waals surface area contributed by atoms with Gasteiger partial charge in [-0.05, 0) is 68.8 Å². The molecule has 3 heterocycles. The lowest BCUT2D eigenvalue weighted by atomic mass is 9.86. The number of likely N-dealkylation sites (tertiary alicyclic amines) is 1. The molecule has 1 saturated heterocycles. The summed E-state index contributed by atoms with van der Waals surface area (Å²) in [5.74, 6) is 7.62. The normalized spacial score (nSPS) is 21.4. The quantitative estimate of drug-likeness (QED) is 0.340. The minimum absolute atomic E-state index is 0.0493. The number of carbonyl (C=O) groups is 1. The second-order valence-corrected chi connectivity index (χ2v) is 10.9. The van der Waals surface area contributed by atoms with Gasteiger partial charge in [-0.15, -0.1) is 0 Å². The molecule has 1 aliphatic heterocycles. The molecule has 1 aliphatic carbocycles. The van der Waals surface area contributed by atoms with Crippen LogP contribution in [-0.2, 0) is 0 Å². The number of anilines is 1. The van der Waals surface area contributed by atoms with Crippen molar-refractivity contribution in [2.24, 2.45) is 11.8 Å². The van der Waals surface area contributed by atoms with Crippen molar-refractivity contribution in [2.75, 3.05) is 25.9 Å². The Morgan fingerprint density at radius 3 is 2.89 bits per heavy atom. The number of hydrogen-bond donors (Lipinski definition) is 1. The second-order valence-electron chi connectivity index (χ2n) is 10.5. The number of halogens is 1. The zero-order valence-corrected chi connectivity index (χ0v) is 22.9. The van der Waals surface area contributed by atoms with Gasteiger partial charge in [-0.1, -0.05) is 48.2 Å². The molecule has 3 atom stereocenters. The number of ketones is 1. The van der Waals surface area contributed by atoms with Gasteiger partial charge < -0.3 is 10.6 Å². The van der Waals surface area contributed by atoms with E-state index in [1.54, 1.807) is 12.1 Å². The number of allylic oxidation sites excluding steroid dienone is 4. The Bertz CT molecular complexity index is 1490. The fraction of sp³-hybridized carbons (Fsp3) is 0.400. The number of aromatic nitrogens is 4. The van der Waals surface area contributed by atoms with Crippen molar-refractivity contribution in [1.29, 1.82) is 0 Å². The number of rotatable bonds is 6. The van der Waals surface area contributed by atoms with Crippen LogP contribution in [0.1, 0.15) is 60.3 Å². The monoisotopic (exact) mass is 528 g/mol. The molecule has 0 bridgehead atoms. The van der Waals surface area contributed by atoms with E-state index in [-0.39, 0.29) is 23.7 Å². The standard InChI is InChI=1S/C30H33ClN6O/c1-19-7-8-21(5-4-6-27(38)23-9-11-25(31)20(2)15-23)16-22(19)10-12-26-28-29(32)33-18-34-30(28)37(35-26)24-13-14-36(3)17-24/h7-9,11,15-16,18-19,22,24H,4-6,13-14,17H2,1-3H3,(H2,32,33,34)/t19?,22?,24-/m1/s1. The van der Waals surface area contributed by atoms with Crippen LogP contribution < -0.4 is 5.73 Å². The van der Waals surface area contributed by atoms with Gasteiger partial charge >= 0.3 is 0 Å². The fourth-order valence-electron chi connectivity index (χ4n) is 5.19. The van der Waals surface area contributed by atoms with Crippen molar-refractivity contribution in [2.45, 2.75) is 45.6 Å². The molecule has 0 radical (unpaired) electrons. The molecule has 1 aromatic carbocycles. The average Bonchev–Trinajstić information content (AvgIpc) is 3.49. The summed E-state index contributed by atoms with van der Waals surface area (Å²) in [7, 11) is 2.12. The zero-order valence-electron chi connectivity index (χ0n) is 22.1. The van der Waals surface area contributed by atoms with E-state index in [9.17, 15) is 4.79 Å². The predicted molar refractivity (Wildman–Crippen MR) is 152 cm³/mol. The van der Waals surface area contributed by atoms with E-state index in [1.165, 1.54) is 11.9 Å². The lowest BCUT2D eigenvalue weighted by Gasteiger charge is -2.18. The van der Waals surface area contributed by atoms with E-state index in [2.05, 4.69) is 58.9 Å². The number of benzene rings is 1. The third-order valence-corrected chi connectivity index (χ3v) is 7.93. The summed E-state index contributed by atoms with van der Waals surface area (Å²) in [6, 6.07) is 5.71. The first-order chi connectivity index (χ1) is 18.3. The minimum atomic E-state index is 0.0493. The van der Waals surface area contributed by atoms with E-state index in [1.807, 2.05) is 17.7 Å². The van der Waals surface area contributed by atoms with Gasteiger partial charge in [-0.25, -0.2) is 14.6 Å². The Morgan fingerprint density at radius 2 is 2.13 bits per heavy atom. The van der Waals surface area contributed by atoms with Crippen LogP contribution in [0.15, 0.2) is 48.3 Å². The molecule has 2 aromatic heterocycles. The summed E-state index contributed by atoms with van der Waals surface area (Å²) in [6.45, 7) is 6.03. The van der Waals surface area contributed by atoms with Gasteiger partial charge in [0, 0.05) is 36.0 Å². The first-order valence-corrected chi connectivity index (χ1v) is 13.5. The van der Waals surface area contributed by atoms with Crippen molar-refractivity contribution in [3.05, 3.63) is 70.2 Å². The third-order valence-electron chi connectivity index (χ3n) is 7.51. The fourth-order valence-corrected chi connectivity index (χ4v) is 5.31. The van der Waals surface area contributed by atoms with Crippen LogP contribution in [0.5, 0.6) is 0 Å². The lowest BCUT2D eigenvalue weighted by Crippen LogP contribution is -2.17. The van der Waals surface area contributed by atoms with E-state index in [0.29, 0.717) is 23.0 Å². The highest BCUT2D eigenvalue weighted by molar-refractivity contribution is 6.31. The lowest BCUT2D eigenvalue weighted by molar-refractivity contribution is 0.0980. The Balaban J connectivity index is 1.31. The average molecular weight is 529 g/mol. The molecule has 5 rings (SSSR count). The summed E-state index contributed by atoms with van der Waals surface area (Å²) in [5, 5.41) is 6.27. The molecule has 8 heteroatoms. The van der Waals surface area contributed by atoms with E-state index >= 15 is 0 Å². The number of Topliss-reactive ketones (excluding diaryl/α,β-unsaturated/α-hetero) is 1. The van der Waals surface area contributed by atoms with Crippen LogP contribution in [-0.4, -0.2) is 50.6 Å². The van der Waals surface area contributed by atoms with Crippen LogP contribution in [0.4, 0.5) is 5.82 Å². The number of nitrogens with two attached hydrogens (primary N) is 1. The summed E-state index contributed by atoms with van der Waals surface area (Å²) in [4.78, 5) is 23.6. The highest BCUT2D eigenvalue weighted by Gasteiger charge is 2.26. The largest absolute Gasteiger partial charge is 0.383 e. The van der Waals surface area contributed by atoms with Gasteiger partial charge in [-0.2, -0.15) is 5.10 Å². The molecule has 3 aromatic rings. The number of aryl methyl sites for hydroxylation is 1. The summed E-state index contributed by atoms with van der Waals surface area (Å²) < 4.78 is 1.98. The second kappa shape index (κ2) is 11.1. The van der Waals surface area contributed by atoms with Gasteiger partial charge in [0.15, 0.2) is 11.4 Å². The maximum Gasteiger partial charge on any atom is 0.164 e. The van der Waals surface area contributed by atoms with Crippen molar-refractivity contribution < 1.29 is 4.79 Å². The molecular formula is C30H33ClN6O. The number of likely N-dealkylation sites (N-methyl/N-ethyl adjacent to an activating group) is 1. The molecule has 2 unspecified atom stereocenters. The van der Waals surface area contributed by atoms with Gasteiger partial charge in [0.05, 0.1) is 11.4 Å². The van der Waals surface area contributed by atoms with Crippen LogP contribution >= 0.6 is 11.6 Å². The Morgan fingerprint density at radius 1 is 1.29 bits per heavy atom. The highest BCUT2D eigenvalue weighted by atomic mass is 35.5. The molecule has 0 saturated carbocycles. The molecule has 0 spiro atoms. The molecule has 1 fully saturated rings. The van der Waals surface area contributed by atoms with E-state index < -0.39 is 0 Å². The molecule has 7 nitrogen and oxygen atoms in total. The maximum atomic E-state index is 12.6. The molecular weight excluding hydrogens is 496 g/mol. The van der Waals surface area contributed by atoms with Crippen LogP contribution in [0.3, 0.4) is 0 Å². The number of nitrogen functional groups attached to an aromatic ring is 1. The van der Waals surface area contributed by atoms with Gasteiger partial charge in [0.2, 0.25) is 0 Å². The topological polar surface area (TPSA) is 89.9 Å². The third kappa shape index (κ3) is 5.52. The number of nitrogens with zero attached hydrogens (tertiary/aromatic N) is 5. The van der Waals surface area contributed by atoms with Gasteiger partial charge in [0.25, 0.3) is 0 Å². The molecule has 196 valence electrons. The van der Waals surface area contributed by atoms with E-state index in [0.717, 1.165) is 54.5 Å². The summed E-state index contributed by atoms with van der Waals surface area (Å²) in [5.41, 5.74) is 10.5. The highest BCUT2D eigenvalue weighted by Crippen LogP contribution is 2.29. The summed E-state index contributed by atoms with van der Waals surface area (Å²) >= 11 is 6.10. The number of carbonyl (C=O) groups excluding carboxylic acids is 1. The Hall–Kier alpha value is -3.47. The predicted octanol–water partition coefficient (Wildman–Crippen LogP) is 5.40. The number of hydrogen-bond acceptors (Lipinski definition) is 6.